The van der Waals surface area contributed by atoms with Crippen molar-refractivity contribution in [3.63, 3.8) is 0 Å². The Bertz CT molecular complexity index is 1640. The molecular weight excluding hydrogens is 540 g/mol. The molecule has 4 heterocycles. The van der Waals surface area contributed by atoms with E-state index >= 15 is 0 Å². The fourth-order valence-corrected chi connectivity index (χ4v) is 6.50. The van der Waals surface area contributed by atoms with Crippen molar-refractivity contribution >= 4 is 56.5 Å². The minimum absolute atomic E-state index is 0.182. The second-order valence-corrected chi connectivity index (χ2v) is 11.6. The molecule has 1 atom stereocenters. The van der Waals surface area contributed by atoms with E-state index in [-0.39, 0.29) is 29.5 Å². The Labute approximate surface area is 241 Å². The van der Waals surface area contributed by atoms with Crippen LogP contribution < -0.4 is 20.3 Å². The highest BCUT2D eigenvalue weighted by Gasteiger charge is 2.35. The number of hydrogen-bond donors (Lipinski definition) is 2. The number of nitrogens with one attached hydrogen (secondary N) is 2. The van der Waals surface area contributed by atoms with Gasteiger partial charge in [0.1, 0.15) is 27.1 Å². The molecular formula is C30H30N6O4S. The van der Waals surface area contributed by atoms with E-state index in [4.69, 9.17) is 4.74 Å². The first-order chi connectivity index (χ1) is 19.9. The van der Waals surface area contributed by atoms with E-state index < -0.39 is 0 Å². The van der Waals surface area contributed by atoms with E-state index in [9.17, 15) is 19.6 Å². The molecule has 210 valence electrons. The van der Waals surface area contributed by atoms with Crippen LogP contribution in [0.3, 0.4) is 0 Å². The maximum atomic E-state index is 13.6. The molecule has 0 bridgehead atoms. The van der Waals surface area contributed by atoms with Gasteiger partial charge in [0.05, 0.1) is 29.1 Å². The number of benzene rings is 1. The molecule has 0 radical (unpaired) electrons. The smallest absolute Gasteiger partial charge is 0.331 e. The highest BCUT2D eigenvalue weighted by molar-refractivity contribution is 7.21. The van der Waals surface area contributed by atoms with Gasteiger partial charge >= 0.3 is 6.03 Å². The summed E-state index contributed by atoms with van der Waals surface area (Å²) >= 11 is 1.22. The van der Waals surface area contributed by atoms with Crippen LogP contribution in [0.1, 0.15) is 47.8 Å². The SMILES string of the molecule is CCOc1ccc(N2C(=O)Nc3c(C(=O)NC4CCCN(C(=O)C(C#N)=CC5CC5)C4)sc4nccc2c34)c(C)c1. The summed E-state index contributed by atoms with van der Waals surface area (Å²) in [5, 5.41) is 16.2. The number of carbonyl (C=O) groups excluding carboxylic acids is 3. The average molecular weight is 571 g/mol. The van der Waals surface area contributed by atoms with Crippen molar-refractivity contribution in [3.8, 4) is 11.8 Å². The van der Waals surface area contributed by atoms with Crippen LogP contribution in [0.15, 0.2) is 42.1 Å². The summed E-state index contributed by atoms with van der Waals surface area (Å²) in [6, 6.07) is 8.77. The number of rotatable bonds is 7. The summed E-state index contributed by atoms with van der Waals surface area (Å²) in [6.07, 6.45) is 6.87. The molecule has 0 spiro atoms. The van der Waals surface area contributed by atoms with Crippen molar-refractivity contribution < 1.29 is 19.1 Å². The maximum Gasteiger partial charge on any atom is 0.331 e. The fourth-order valence-electron chi connectivity index (χ4n) is 5.47. The van der Waals surface area contributed by atoms with Gasteiger partial charge in [-0.05, 0) is 75.3 Å². The van der Waals surface area contributed by atoms with E-state index in [0.29, 0.717) is 64.2 Å². The number of thiophene rings is 1. The van der Waals surface area contributed by atoms with Crippen molar-refractivity contribution in [1.82, 2.24) is 15.2 Å². The normalized spacial score (nSPS) is 18.6. The summed E-state index contributed by atoms with van der Waals surface area (Å²) in [5.41, 5.74) is 2.86. The number of aryl methyl sites for hydroxylation is 1. The van der Waals surface area contributed by atoms with Crippen LogP contribution in [-0.2, 0) is 4.79 Å². The van der Waals surface area contributed by atoms with Gasteiger partial charge in [-0.2, -0.15) is 5.26 Å². The molecule has 41 heavy (non-hydrogen) atoms. The van der Waals surface area contributed by atoms with Gasteiger partial charge < -0.3 is 20.3 Å². The van der Waals surface area contributed by atoms with E-state index in [1.54, 1.807) is 28.1 Å². The molecule has 10 nitrogen and oxygen atoms in total. The van der Waals surface area contributed by atoms with E-state index in [1.807, 2.05) is 32.0 Å². The number of urea groups is 1. The Hall–Kier alpha value is -4.43. The van der Waals surface area contributed by atoms with Gasteiger partial charge in [-0.15, -0.1) is 11.3 Å². The number of carbonyl (C=O) groups is 3. The van der Waals surface area contributed by atoms with Crippen LogP contribution in [0.25, 0.3) is 10.2 Å². The molecule has 1 saturated carbocycles. The Balaban J connectivity index is 1.25. The number of nitriles is 1. The molecule has 1 aromatic carbocycles. The van der Waals surface area contributed by atoms with Crippen molar-refractivity contribution in [2.75, 3.05) is 29.9 Å². The van der Waals surface area contributed by atoms with E-state index in [0.717, 1.165) is 30.6 Å². The minimum Gasteiger partial charge on any atom is -0.494 e. The molecule has 4 amide bonds. The number of aromatic nitrogens is 1. The zero-order valence-corrected chi connectivity index (χ0v) is 23.7. The number of likely N-dealkylation sites (tertiary alicyclic amines) is 1. The largest absolute Gasteiger partial charge is 0.494 e. The number of ether oxygens (including phenoxy) is 1. The summed E-state index contributed by atoms with van der Waals surface area (Å²) in [7, 11) is 0. The summed E-state index contributed by atoms with van der Waals surface area (Å²) in [6.45, 7) is 5.26. The van der Waals surface area contributed by atoms with Crippen LogP contribution in [0.2, 0.25) is 0 Å². The number of hydrogen-bond acceptors (Lipinski definition) is 7. The zero-order valence-electron chi connectivity index (χ0n) is 22.9. The highest BCUT2D eigenvalue weighted by Crippen LogP contribution is 2.46. The standard InChI is InChI=1S/C30H30N6O4S/c1-3-40-21-8-9-22(17(2)13-21)36-23-10-11-32-28-24(23)25(34-30(36)39)26(41-28)27(37)33-20-5-4-12-35(16-20)29(38)19(15-31)14-18-6-7-18/h8-11,13-14,18,20H,3-7,12,16H2,1-2H3,(H,33,37)(H,34,39). The lowest BCUT2D eigenvalue weighted by Crippen LogP contribution is -2.50. The average Bonchev–Trinajstić information content (AvgIpc) is 3.71. The van der Waals surface area contributed by atoms with E-state index in [2.05, 4.69) is 21.7 Å². The molecule has 3 aromatic rings. The monoisotopic (exact) mass is 570 g/mol. The molecule has 6 rings (SSSR count). The van der Waals surface area contributed by atoms with Gasteiger partial charge in [-0.3, -0.25) is 14.5 Å². The maximum absolute atomic E-state index is 13.6. The third-order valence-electron chi connectivity index (χ3n) is 7.59. The van der Waals surface area contributed by atoms with Gasteiger partial charge in [0, 0.05) is 25.3 Å². The Morgan fingerprint density at radius 1 is 1.27 bits per heavy atom. The first-order valence-electron chi connectivity index (χ1n) is 13.9. The number of anilines is 3. The highest BCUT2D eigenvalue weighted by atomic mass is 32.1. The number of pyridine rings is 1. The number of allylic oxidation sites excluding steroid dienone is 1. The lowest BCUT2D eigenvalue weighted by Gasteiger charge is -2.33. The van der Waals surface area contributed by atoms with Gasteiger partial charge in [-0.25, -0.2) is 9.78 Å². The second kappa shape index (κ2) is 10.9. The molecule has 11 heteroatoms. The van der Waals surface area contributed by atoms with Crippen molar-refractivity contribution in [2.24, 2.45) is 5.92 Å². The van der Waals surface area contributed by atoms with Crippen LogP contribution in [0.4, 0.5) is 21.9 Å². The van der Waals surface area contributed by atoms with Crippen molar-refractivity contribution in [2.45, 2.75) is 45.6 Å². The van der Waals surface area contributed by atoms with Crippen LogP contribution >= 0.6 is 11.3 Å². The van der Waals surface area contributed by atoms with Crippen LogP contribution in [0, 0.1) is 24.2 Å². The lowest BCUT2D eigenvalue weighted by atomic mass is 10.0. The van der Waals surface area contributed by atoms with Gasteiger partial charge in [-0.1, -0.05) is 6.08 Å². The molecule has 2 fully saturated rings. The molecule has 2 aromatic heterocycles. The number of nitrogens with zero attached hydrogens (tertiary/aromatic N) is 4. The topological polar surface area (TPSA) is 128 Å². The molecule has 2 aliphatic heterocycles. The second-order valence-electron chi connectivity index (χ2n) is 10.6. The molecule has 1 aliphatic carbocycles. The van der Waals surface area contributed by atoms with Crippen molar-refractivity contribution in [3.05, 3.63) is 52.6 Å². The zero-order chi connectivity index (χ0) is 28.7. The Morgan fingerprint density at radius 3 is 2.83 bits per heavy atom. The third kappa shape index (κ3) is 5.11. The fraction of sp³-hybridized carbons (Fsp3) is 0.367. The predicted molar refractivity (Wildman–Crippen MR) is 157 cm³/mol. The molecule has 3 aliphatic rings. The Morgan fingerprint density at radius 2 is 2.10 bits per heavy atom. The predicted octanol–water partition coefficient (Wildman–Crippen LogP) is 5.27. The summed E-state index contributed by atoms with van der Waals surface area (Å²) in [4.78, 5) is 48.8. The third-order valence-corrected chi connectivity index (χ3v) is 8.69. The summed E-state index contributed by atoms with van der Waals surface area (Å²) in [5.74, 6) is 0.447. The van der Waals surface area contributed by atoms with Gasteiger partial charge in [0.2, 0.25) is 0 Å². The van der Waals surface area contributed by atoms with Gasteiger partial charge in [0.15, 0.2) is 0 Å². The Kier molecular flexibility index (Phi) is 7.09. The lowest BCUT2D eigenvalue weighted by molar-refractivity contribution is -0.128. The minimum atomic E-state index is -0.370. The molecule has 1 unspecified atom stereocenters. The molecule has 1 saturated heterocycles. The number of amides is 4. The summed E-state index contributed by atoms with van der Waals surface area (Å²) < 4.78 is 5.61. The van der Waals surface area contributed by atoms with Crippen LogP contribution in [-0.4, -0.2) is 53.5 Å². The van der Waals surface area contributed by atoms with Crippen LogP contribution in [0.5, 0.6) is 5.75 Å². The first kappa shape index (κ1) is 26.8. The number of piperidine rings is 1. The molecule has 2 N–H and O–H groups in total. The van der Waals surface area contributed by atoms with E-state index in [1.165, 1.54) is 11.3 Å². The van der Waals surface area contributed by atoms with Gasteiger partial charge in [0.25, 0.3) is 11.8 Å². The quantitative estimate of drug-likeness (QED) is 0.294. The van der Waals surface area contributed by atoms with Crippen molar-refractivity contribution in [1.29, 1.82) is 5.26 Å². The first-order valence-corrected chi connectivity index (χ1v) is 14.7.